The summed E-state index contributed by atoms with van der Waals surface area (Å²) in [5, 5.41) is 43.9. The molecule has 0 radical (unpaired) electrons. The smallest absolute Gasteiger partial charge is 0.196 e. The van der Waals surface area contributed by atoms with Crippen molar-refractivity contribution in [3.63, 3.8) is 0 Å². The predicted octanol–water partition coefficient (Wildman–Crippen LogP) is 9.60. The molecule has 0 aliphatic rings. The van der Waals surface area contributed by atoms with Gasteiger partial charge < -0.3 is 39.4 Å². The summed E-state index contributed by atoms with van der Waals surface area (Å²) in [4.78, 5) is 26.1. The molecule has 0 aromatic heterocycles. The molecular formula is C51H48O10. The lowest BCUT2D eigenvalue weighted by Gasteiger charge is -2.18. The topological polar surface area (TPSA) is 152 Å². The van der Waals surface area contributed by atoms with Gasteiger partial charge in [-0.05, 0) is 107 Å². The molecule has 0 bridgehead atoms. The van der Waals surface area contributed by atoms with E-state index in [1.165, 1.54) is 0 Å². The van der Waals surface area contributed by atoms with Gasteiger partial charge in [0.1, 0.15) is 46.0 Å². The van der Waals surface area contributed by atoms with Crippen molar-refractivity contribution < 1.29 is 49.0 Å². The van der Waals surface area contributed by atoms with Gasteiger partial charge in [0.05, 0.1) is 14.2 Å². The van der Waals surface area contributed by atoms with E-state index in [-0.39, 0.29) is 49.1 Å². The second-order valence-electron chi connectivity index (χ2n) is 14.5. The van der Waals surface area contributed by atoms with Crippen molar-refractivity contribution >= 4 is 23.1 Å². The molecule has 0 heterocycles. The third-order valence-corrected chi connectivity index (χ3v) is 10.2. The van der Waals surface area contributed by atoms with Crippen LogP contribution in [0.2, 0.25) is 0 Å². The zero-order chi connectivity index (χ0) is 43.5. The van der Waals surface area contributed by atoms with E-state index in [1.807, 2.05) is 86.6 Å². The molecule has 10 nitrogen and oxygen atoms in total. The van der Waals surface area contributed by atoms with Crippen LogP contribution in [0.4, 0.5) is 0 Å². The molecule has 312 valence electrons. The Hall–Kier alpha value is -7.46. The van der Waals surface area contributed by atoms with Gasteiger partial charge in [0, 0.05) is 42.5 Å². The first-order chi connectivity index (χ1) is 29.4. The molecule has 10 heteroatoms. The Labute approximate surface area is 355 Å². The first-order valence-corrected chi connectivity index (χ1v) is 19.6. The lowest BCUT2D eigenvalue weighted by atomic mass is 9.94. The highest BCUT2D eigenvalue weighted by Gasteiger charge is 2.19. The van der Waals surface area contributed by atoms with Crippen molar-refractivity contribution in [3.05, 3.63) is 189 Å². The SMILES string of the molecule is COc1ccc(/C(O)=C/C(=O)COc2c(C)cccc2Cc2cccc(Cc3cccc(Cc4cccc(C)c4O)c3OCC(=O)/C=C(\O)c3ccc(OC)cc3)c2O)cc1. The summed E-state index contributed by atoms with van der Waals surface area (Å²) < 4.78 is 22.7. The first kappa shape index (κ1) is 43.1. The number of rotatable bonds is 18. The summed E-state index contributed by atoms with van der Waals surface area (Å²) in [7, 11) is 3.09. The van der Waals surface area contributed by atoms with E-state index < -0.39 is 11.6 Å². The number of aliphatic hydroxyl groups excluding tert-OH is 2. The van der Waals surface area contributed by atoms with Gasteiger partial charge in [-0.25, -0.2) is 0 Å². The van der Waals surface area contributed by atoms with Gasteiger partial charge >= 0.3 is 0 Å². The van der Waals surface area contributed by atoms with E-state index in [2.05, 4.69) is 0 Å². The van der Waals surface area contributed by atoms with Gasteiger partial charge in [-0.3, -0.25) is 9.59 Å². The number of phenolic OH excluding ortho intramolecular Hbond substituents is 2. The molecule has 0 aliphatic carbocycles. The highest BCUT2D eigenvalue weighted by molar-refractivity contribution is 5.97. The summed E-state index contributed by atoms with van der Waals surface area (Å²) in [6, 6.07) is 35.6. The predicted molar refractivity (Wildman–Crippen MR) is 235 cm³/mol. The molecule has 0 saturated carbocycles. The summed E-state index contributed by atoms with van der Waals surface area (Å²) in [6.07, 6.45) is 3.07. The maximum atomic E-state index is 13.2. The monoisotopic (exact) mass is 820 g/mol. The van der Waals surface area contributed by atoms with Crippen LogP contribution in [0.1, 0.15) is 55.6 Å². The van der Waals surface area contributed by atoms with Crippen LogP contribution in [0, 0.1) is 13.8 Å². The van der Waals surface area contributed by atoms with Gasteiger partial charge in [0.15, 0.2) is 24.8 Å². The van der Waals surface area contributed by atoms with E-state index in [0.29, 0.717) is 68.4 Å². The third kappa shape index (κ3) is 11.0. The zero-order valence-corrected chi connectivity index (χ0v) is 34.5. The maximum Gasteiger partial charge on any atom is 0.196 e. The number of carbonyl (C=O) groups is 2. The van der Waals surface area contributed by atoms with Gasteiger partial charge in [-0.1, -0.05) is 72.8 Å². The number of benzene rings is 6. The van der Waals surface area contributed by atoms with Crippen molar-refractivity contribution in [3.8, 4) is 34.5 Å². The molecule has 0 atom stereocenters. The number of methoxy groups -OCH3 is 2. The lowest BCUT2D eigenvalue weighted by molar-refractivity contribution is -0.117. The fraction of sp³-hybridized carbons (Fsp3) is 0.176. The molecule has 6 aromatic carbocycles. The zero-order valence-electron chi connectivity index (χ0n) is 34.5. The average molecular weight is 821 g/mol. The average Bonchev–Trinajstić information content (AvgIpc) is 3.26. The summed E-state index contributed by atoms with van der Waals surface area (Å²) in [6.45, 7) is 2.99. The fourth-order valence-corrected chi connectivity index (χ4v) is 6.93. The first-order valence-electron chi connectivity index (χ1n) is 19.6. The van der Waals surface area contributed by atoms with Crippen molar-refractivity contribution in [2.24, 2.45) is 0 Å². The Bertz CT molecular complexity index is 2570. The molecule has 0 spiro atoms. The second-order valence-corrected chi connectivity index (χ2v) is 14.5. The number of aryl methyl sites for hydroxylation is 2. The van der Waals surface area contributed by atoms with Crippen LogP contribution in [0.5, 0.6) is 34.5 Å². The summed E-state index contributed by atoms with van der Waals surface area (Å²) in [5.74, 6) is 1.07. The van der Waals surface area contributed by atoms with Crippen LogP contribution >= 0.6 is 0 Å². The maximum absolute atomic E-state index is 13.2. The normalized spacial score (nSPS) is 11.5. The van der Waals surface area contributed by atoms with Crippen LogP contribution in [-0.4, -0.2) is 59.4 Å². The standard InChI is InChI=1S/C51H48O10/c1-32-9-5-11-36(48(32)56)25-40-15-8-16-41(51(40)61-31-43(53)29-47(55)35-19-23-45(59-4)24-20-35)27-38-13-7-12-37(49(38)57)26-39-14-6-10-33(2)50(39)60-30-42(52)28-46(54)34-17-21-44(58-3)22-18-34/h5-24,28-29,54-57H,25-27,30-31H2,1-4H3/b46-28-,47-29-. The number of aromatic hydroxyl groups is 2. The van der Waals surface area contributed by atoms with Crippen molar-refractivity contribution in [1.82, 2.24) is 0 Å². The van der Waals surface area contributed by atoms with Crippen molar-refractivity contribution in [2.75, 3.05) is 27.4 Å². The second kappa shape index (κ2) is 20.0. The molecule has 61 heavy (non-hydrogen) atoms. The number of para-hydroxylation sites is 4. The van der Waals surface area contributed by atoms with E-state index in [9.17, 15) is 30.0 Å². The number of carbonyl (C=O) groups excluding carboxylic acids is 2. The Balaban J connectivity index is 1.23. The number of hydrogen-bond acceptors (Lipinski definition) is 10. The minimum Gasteiger partial charge on any atom is -0.507 e. The number of hydrogen-bond donors (Lipinski definition) is 4. The molecule has 0 amide bonds. The Morgan fingerprint density at radius 1 is 0.475 bits per heavy atom. The molecule has 6 aromatic rings. The van der Waals surface area contributed by atoms with Crippen LogP contribution < -0.4 is 18.9 Å². The van der Waals surface area contributed by atoms with Crippen LogP contribution in [0.15, 0.2) is 133 Å². The van der Waals surface area contributed by atoms with E-state index in [4.69, 9.17) is 18.9 Å². The molecule has 4 N–H and O–H groups in total. The van der Waals surface area contributed by atoms with Gasteiger partial charge in [0.25, 0.3) is 0 Å². The quantitative estimate of drug-likeness (QED) is 0.0487. The van der Waals surface area contributed by atoms with Crippen molar-refractivity contribution in [1.29, 1.82) is 0 Å². The van der Waals surface area contributed by atoms with Crippen molar-refractivity contribution in [2.45, 2.75) is 33.1 Å². The molecule has 0 unspecified atom stereocenters. The lowest BCUT2D eigenvalue weighted by Crippen LogP contribution is -2.12. The highest BCUT2D eigenvalue weighted by atomic mass is 16.5. The van der Waals surface area contributed by atoms with Gasteiger partial charge in [0.2, 0.25) is 0 Å². The van der Waals surface area contributed by atoms with E-state index >= 15 is 0 Å². The highest BCUT2D eigenvalue weighted by Crippen LogP contribution is 2.36. The van der Waals surface area contributed by atoms with Gasteiger partial charge in [-0.2, -0.15) is 0 Å². The van der Waals surface area contributed by atoms with E-state index in [0.717, 1.165) is 28.8 Å². The third-order valence-electron chi connectivity index (χ3n) is 10.2. The number of aliphatic hydroxyl groups is 2. The minimum atomic E-state index is -0.472. The summed E-state index contributed by atoms with van der Waals surface area (Å²) >= 11 is 0. The van der Waals surface area contributed by atoms with Gasteiger partial charge in [-0.15, -0.1) is 0 Å². The minimum absolute atomic E-state index is 0.0643. The Morgan fingerprint density at radius 3 is 1.28 bits per heavy atom. The van der Waals surface area contributed by atoms with Crippen LogP contribution in [0.25, 0.3) is 11.5 Å². The fourth-order valence-electron chi connectivity index (χ4n) is 6.93. The summed E-state index contributed by atoms with van der Waals surface area (Å²) in [5.41, 5.74) is 6.48. The number of ketones is 2. The molecular weight excluding hydrogens is 773 g/mol. The molecule has 0 saturated heterocycles. The Morgan fingerprint density at radius 2 is 0.836 bits per heavy atom. The number of ether oxygens (including phenoxy) is 4. The number of phenols is 2. The molecule has 6 rings (SSSR count). The van der Waals surface area contributed by atoms with Crippen LogP contribution in [0.3, 0.4) is 0 Å². The Kier molecular flexibility index (Phi) is 14.1. The molecule has 0 fully saturated rings. The largest absolute Gasteiger partial charge is 0.507 e. The molecule has 0 aliphatic heterocycles. The van der Waals surface area contributed by atoms with E-state index in [1.54, 1.807) is 62.8 Å². The van der Waals surface area contributed by atoms with Crippen LogP contribution in [-0.2, 0) is 28.9 Å².